The number of hydrogen-bond acceptors (Lipinski definition) is 2. The van der Waals surface area contributed by atoms with E-state index in [1.165, 1.54) is 0 Å². The van der Waals surface area contributed by atoms with Crippen molar-refractivity contribution in [2.45, 2.75) is 38.0 Å². The Balaban J connectivity index is 2.76. The van der Waals surface area contributed by atoms with Gasteiger partial charge in [-0.3, -0.25) is 10.1 Å². The molecule has 0 aromatic rings. The molecule has 0 aromatic heterocycles. The summed E-state index contributed by atoms with van der Waals surface area (Å²) in [5.41, 5.74) is -1.79. The van der Waals surface area contributed by atoms with E-state index in [2.05, 4.69) is 5.32 Å². The first-order valence-corrected chi connectivity index (χ1v) is 4.28. The number of alkyl halides is 3. The van der Waals surface area contributed by atoms with Crippen molar-refractivity contribution >= 4 is 5.97 Å². The van der Waals surface area contributed by atoms with Gasteiger partial charge < -0.3 is 5.11 Å². The number of hydrogen-bond donors (Lipinski definition) is 2. The molecule has 1 fully saturated rings. The van der Waals surface area contributed by atoms with Gasteiger partial charge in [0.2, 0.25) is 0 Å². The predicted molar refractivity (Wildman–Crippen MR) is 42.8 cm³/mol. The maximum atomic E-state index is 12.2. The van der Waals surface area contributed by atoms with Crippen molar-refractivity contribution in [3.05, 3.63) is 0 Å². The number of rotatable bonds is 3. The van der Waals surface area contributed by atoms with E-state index in [1.807, 2.05) is 0 Å². The van der Waals surface area contributed by atoms with Crippen molar-refractivity contribution in [1.29, 1.82) is 0 Å². The number of halogens is 3. The van der Waals surface area contributed by atoms with Gasteiger partial charge in [-0.2, -0.15) is 13.2 Å². The van der Waals surface area contributed by atoms with Gasteiger partial charge in [0.25, 0.3) is 0 Å². The summed E-state index contributed by atoms with van der Waals surface area (Å²) in [5.74, 6) is -3.18. The summed E-state index contributed by atoms with van der Waals surface area (Å²) in [4.78, 5) is 10.7. The Hall–Kier alpha value is -0.780. The van der Waals surface area contributed by atoms with Gasteiger partial charge in [-0.25, -0.2) is 0 Å². The molecule has 0 aromatic carbocycles. The minimum absolute atomic E-state index is 0.279. The first-order chi connectivity index (χ1) is 6.20. The van der Waals surface area contributed by atoms with Gasteiger partial charge in [0, 0.05) is 6.04 Å². The third-order valence-corrected chi connectivity index (χ3v) is 2.28. The van der Waals surface area contributed by atoms with Crippen molar-refractivity contribution in [2.24, 2.45) is 5.92 Å². The molecule has 1 rings (SSSR count). The minimum atomic E-state index is -4.43. The highest BCUT2D eigenvalue weighted by molar-refractivity contribution is 5.83. The van der Waals surface area contributed by atoms with Gasteiger partial charge >= 0.3 is 12.1 Å². The summed E-state index contributed by atoms with van der Waals surface area (Å²) in [6.07, 6.45) is -4.80. The van der Waals surface area contributed by atoms with Crippen LogP contribution in [0.1, 0.15) is 20.3 Å². The van der Waals surface area contributed by atoms with Gasteiger partial charge in [-0.1, -0.05) is 0 Å². The number of aliphatic carboxylic acids is 1. The standard InChI is InChI=1S/C8H12F3NO2/c1-4(2)12-7(6(13)14)3-5(7)8(9,10)11/h4-5,12H,3H2,1-2H3,(H,13,14). The first kappa shape index (κ1) is 11.3. The summed E-state index contributed by atoms with van der Waals surface area (Å²) in [6.45, 7) is 3.24. The molecule has 3 nitrogen and oxygen atoms in total. The Morgan fingerprint density at radius 3 is 2.29 bits per heavy atom. The number of carboxylic acid groups (broad SMARTS) is 1. The topological polar surface area (TPSA) is 49.3 Å². The molecule has 6 heteroatoms. The van der Waals surface area contributed by atoms with E-state index in [1.54, 1.807) is 13.8 Å². The summed E-state index contributed by atoms with van der Waals surface area (Å²) >= 11 is 0. The van der Waals surface area contributed by atoms with Gasteiger partial charge in [-0.05, 0) is 20.3 Å². The van der Waals surface area contributed by atoms with Crippen LogP contribution in [0.2, 0.25) is 0 Å². The van der Waals surface area contributed by atoms with Crippen molar-refractivity contribution in [3.63, 3.8) is 0 Å². The monoisotopic (exact) mass is 211 g/mol. The second kappa shape index (κ2) is 3.12. The van der Waals surface area contributed by atoms with E-state index in [-0.39, 0.29) is 12.5 Å². The Kier molecular flexibility index (Phi) is 2.51. The third kappa shape index (κ3) is 1.84. The van der Waals surface area contributed by atoms with Crippen LogP contribution in [-0.2, 0) is 4.79 Å². The minimum Gasteiger partial charge on any atom is -0.480 e. The molecule has 2 N–H and O–H groups in total. The van der Waals surface area contributed by atoms with Crippen LogP contribution in [0, 0.1) is 5.92 Å². The average molecular weight is 211 g/mol. The predicted octanol–water partition coefficient (Wildman–Crippen LogP) is 1.39. The smallest absolute Gasteiger partial charge is 0.394 e. The second-order valence-electron chi connectivity index (χ2n) is 3.87. The molecular weight excluding hydrogens is 199 g/mol. The van der Waals surface area contributed by atoms with E-state index in [0.29, 0.717) is 0 Å². The molecule has 0 bridgehead atoms. The number of carbonyl (C=O) groups is 1. The Morgan fingerprint density at radius 2 is 2.07 bits per heavy atom. The Labute approximate surface area is 79.3 Å². The van der Waals surface area contributed by atoms with Crippen molar-refractivity contribution in [2.75, 3.05) is 0 Å². The van der Waals surface area contributed by atoms with Crippen LogP contribution in [0.4, 0.5) is 13.2 Å². The fourth-order valence-electron chi connectivity index (χ4n) is 1.63. The van der Waals surface area contributed by atoms with E-state index < -0.39 is 23.6 Å². The lowest BCUT2D eigenvalue weighted by atomic mass is 10.1. The SMILES string of the molecule is CC(C)NC1(C(=O)O)CC1C(F)(F)F. The summed E-state index contributed by atoms with van der Waals surface area (Å²) in [5, 5.41) is 11.2. The lowest BCUT2D eigenvalue weighted by molar-refractivity contribution is -0.164. The van der Waals surface area contributed by atoms with Crippen LogP contribution in [0.15, 0.2) is 0 Å². The van der Waals surface area contributed by atoms with Gasteiger partial charge in [0.1, 0.15) is 5.54 Å². The third-order valence-electron chi connectivity index (χ3n) is 2.28. The van der Waals surface area contributed by atoms with Crippen LogP contribution in [0.5, 0.6) is 0 Å². The number of nitrogens with one attached hydrogen (secondary N) is 1. The Bertz CT molecular complexity index is 251. The largest absolute Gasteiger partial charge is 0.480 e. The average Bonchev–Trinajstić information content (AvgIpc) is 2.61. The quantitative estimate of drug-likeness (QED) is 0.741. The molecular formula is C8H12F3NO2. The first-order valence-electron chi connectivity index (χ1n) is 4.28. The summed E-state index contributed by atoms with van der Waals surface area (Å²) < 4.78 is 36.7. The van der Waals surface area contributed by atoms with E-state index in [0.717, 1.165) is 0 Å². The lowest BCUT2D eigenvalue weighted by Crippen LogP contribution is -2.47. The van der Waals surface area contributed by atoms with Gasteiger partial charge in [-0.15, -0.1) is 0 Å². The maximum absolute atomic E-state index is 12.2. The molecule has 0 saturated heterocycles. The fourth-order valence-corrected chi connectivity index (χ4v) is 1.63. The molecule has 1 aliphatic carbocycles. The van der Waals surface area contributed by atoms with E-state index in [9.17, 15) is 18.0 Å². The van der Waals surface area contributed by atoms with Crippen LogP contribution >= 0.6 is 0 Å². The van der Waals surface area contributed by atoms with Crippen LogP contribution < -0.4 is 5.32 Å². The molecule has 1 saturated carbocycles. The highest BCUT2D eigenvalue weighted by Gasteiger charge is 2.71. The second-order valence-corrected chi connectivity index (χ2v) is 3.87. The Morgan fingerprint density at radius 1 is 1.57 bits per heavy atom. The zero-order chi connectivity index (χ0) is 11.1. The van der Waals surface area contributed by atoms with Crippen LogP contribution in [0.3, 0.4) is 0 Å². The summed E-state index contributed by atoms with van der Waals surface area (Å²) in [6, 6.07) is -0.279. The molecule has 0 heterocycles. The summed E-state index contributed by atoms with van der Waals surface area (Å²) in [7, 11) is 0. The molecule has 0 spiro atoms. The van der Waals surface area contributed by atoms with E-state index in [4.69, 9.17) is 5.11 Å². The molecule has 0 radical (unpaired) electrons. The van der Waals surface area contributed by atoms with Crippen LogP contribution in [-0.4, -0.2) is 28.8 Å². The van der Waals surface area contributed by atoms with Gasteiger partial charge in [0.05, 0.1) is 5.92 Å². The van der Waals surface area contributed by atoms with Crippen molar-refractivity contribution in [3.8, 4) is 0 Å². The van der Waals surface area contributed by atoms with E-state index >= 15 is 0 Å². The molecule has 1 aliphatic rings. The molecule has 14 heavy (non-hydrogen) atoms. The molecule has 2 atom stereocenters. The molecule has 2 unspecified atom stereocenters. The maximum Gasteiger partial charge on any atom is 0.394 e. The highest BCUT2D eigenvalue weighted by Crippen LogP contribution is 2.53. The zero-order valence-corrected chi connectivity index (χ0v) is 7.85. The normalized spacial score (nSPS) is 32.0. The van der Waals surface area contributed by atoms with Crippen molar-refractivity contribution in [1.82, 2.24) is 5.32 Å². The van der Waals surface area contributed by atoms with Gasteiger partial charge in [0.15, 0.2) is 0 Å². The fraction of sp³-hybridized carbons (Fsp3) is 0.875. The molecule has 82 valence electrons. The number of carboxylic acids is 1. The zero-order valence-electron chi connectivity index (χ0n) is 7.85. The van der Waals surface area contributed by atoms with Crippen LogP contribution in [0.25, 0.3) is 0 Å². The van der Waals surface area contributed by atoms with Crippen molar-refractivity contribution < 1.29 is 23.1 Å². The molecule has 0 aliphatic heterocycles. The lowest BCUT2D eigenvalue weighted by Gasteiger charge is -2.18. The highest BCUT2D eigenvalue weighted by atomic mass is 19.4. The molecule has 0 amide bonds.